The van der Waals surface area contributed by atoms with Crippen molar-refractivity contribution in [3.05, 3.63) is 58.6 Å². The van der Waals surface area contributed by atoms with E-state index in [1.165, 1.54) is 18.2 Å². The zero-order valence-electron chi connectivity index (χ0n) is 12.7. The molecule has 9 heteroatoms. The van der Waals surface area contributed by atoms with Gasteiger partial charge in [0.05, 0.1) is 10.6 Å². The lowest BCUT2D eigenvalue weighted by atomic mass is 10.1. The van der Waals surface area contributed by atoms with Crippen molar-refractivity contribution >= 4 is 17.7 Å². The number of fused-ring (bicyclic) bond motifs is 1. The average molecular weight is 395 g/mol. The first-order valence-electron chi connectivity index (χ1n) is 7.14. The Bertz CT molecular complexity index is 840. The maximum absolute atomic E-state index is 12.7. The fourth-order valence-electron chi connectivity index (χ4n) is 2.28. The summed E-state index contributed by atoms with van der Waals surface area (Å²) in [6, 6.07) is 6.57. The summed E-state index contributed by atoms with van der Waals surface area (Å²) >= 11 is 5.96. The van der Waals surface area contributed by atoms with Crippen LogP contribution in [0.3, 0.4) is 0 Å². The first kappa shape index (κ1) is 18.4. The molecule has 2 aromatic rings. The summed E-state index contributed by atoms with van der Waals surface area (Å²) in [6.07, 6.45) is -9.12. The van der Waals surface area contributed by atoms with Crippen molar-refractivity contribution < 1.29 is 35.8 Å². The molecule has 26 heavy (non-hydrogen) atoms. The van der Waals surface area contributed by atoms with Gasteiger partial charge in [-0.25, -0.2) is 0 Å². The molecule has 1 atom stereocenters. The third kappa shape index (κ3) is 3.90. The van der Waals surface area contributed by atoms with Crippen molar-refractivity contribution in [1.82, 2.24) is 0 Å². The number of alkyl halides is 6. The van der Waals surface area contributed by atoms with Crippen molar-refractivity contribution in [3.63, 3.8) is 0 Å². The van der Waals surface area contributed by atoms with Gasteiger partial charge >= 0.3 is 12.4 Å². The largest absolute Gasteiger partial charge is 0.475 e. The summed E-state index contributed by atoms with van der Waals surface area (Å²) in [7, 11) is 0. The van der Waals surface area contributed by atoms with Crippen LogP contribution in [0.1, 0.15) is 11.1 Å². The van der Waals surface area contributed by atoms with Crippen LogP contribution in [0.5, 0.6) is 17.2 Å². The molecule has 0 amide bonds. The maximum Gasteiger partial charge on any atom is 0.429 e. The highest BCUT2D eigenvalue weighted by Crippen LogP contribution is 2.41. The minimum Gasteiger partial charge on any atom is -0.475 e. The van der Waals surface area contributed by atoms with Gasteiger partial charge in [-0.3, -0.25) is 0 Å². The molecule has 0 radical (unpaired) electrons. The second-order valence-electron chi connectivity index (χ2n) is 5.39. The summed E-state index contributed by atoms with van der Waals surface area (Å²) in [5.74, 6) is 0.117. The predicted molar refractivity (Wildman–Crippen MR) is 82.5 cm³/mol. The van der Waals surface area contributed by atoms with Crippen LogP contribution in [0.15, 0.2) is 42.5 Å². The number of hydrogen-bond donors (Lipinski definition) is 0. The van der Waals surface area contributed by atoms with Gasteiger partial charge in [0.2, 0.25) is 6.10 Å². The molecule has 0 saturated carbocycles. The van der Waals surface area contributed by atoms with Gasteiger partial charge in [-0.2, -0.15) is 26.3 Å². The second-order valence-corrected chi connectivity index (χ2v) is 5.79. The van der Waals surface area contributed by atoms with E-state index < -0.39 is 24.0 Å². The monoisotopic (exact) mass is 394 g/mol. The molecule has 0 fully saturated rings. The van der Waals surface area contributed by atoms with E-state index in [0.29, 0.717) is 0 Å². The predicted octanol–water partition coefficient (Wildman–Crippen LogP) is 6.49. The van der Waals surface area contributed by atoms with E-state index in [1.807, 2.05) is 0 Å². The minimum absolute atomic E-state index is 0.108. The topological polar surface area (TPSA) is 18.5 Å². The maximum atomic E-state index is 12.7. The van der Waals surface area contributed by atoms with E-state index in [-0.39, 0.29) is 27.8 Å². The van der Waals surface area contributed by atoms with Gasteiger partial charge < -0.3 is 9.47 Å². The van der Waals surface area contributed by atoms with E-state index in [2.05, 4.69) is 0 Å². The molecule has 0 aliphatic carbocycles. The van der Waals surface area contributed by atoms with Crippen molar-refractivity contribution in [3.8, 4) is 17.2 Å². The Morgan fingerprint density at radius 1 is 0.923 bits per heavy atom. The van der Waals surface area contributed by atoms with Crippen LogP contribution < -0.4 is 9.47 Å². The van der Waals surface area contributed by atoms with Gasteiger partial charge in [0.1, 0.15) is 17.2 Å². The zero-order valence-corrected chi connectivity index (χ0v) is 13.4. The Labute approximate surface area is 148 Å². The lowest BCUT2D eigenvalue weighted by Gasteiger charge is -2.24. The lowest BCUT2D eigenvalue weighted by molar-refractivity contribution is -0.180. The quantitative estimate of drug-likeness (QED) is 0.542. The highest BCUT2D eigenvalue weighted by Gasteiger charge is 2.42. The minimum atomic E-state index is -4.58. The van der Waals surface area contributed by atoms with Crippen LogP contribution in [0.2, 0.25) is 5.02 Å². The van der Waals surface area contributed by atoms with Gasteiger partial charge in [-0.05, 0) is 36.4 Å². The fraction of sp³-hybridized carbons (Fsp3) is 0.176. The number of halogens is 7. The van der Waals surface area contributed by atoms with Crippen LogP contribution >= 0.6 is 11.6 Å². The molecule has 1 aliphatic heterocycles. The Hall–Kier alpha value is -2.35. The number of rotatable bonds is 2. The van der Waals surface area contributed by atoms with Crippen LogP contribution in [-0.2, 0) is 6.18 Å². The highest BCUT2D eigenvalue weighted by molar-refractivity contribution is 6.32. The Kier molecular flexibility index (Phi) is 4.56. The van der Waals surface area contributed by atoms with Crippen molar-refractivity contribution in [1.29, 1.82) is 0 Å². The molecule has 138 valence electrons. The lowest BCUT2D eigenvalue weighted by Crippen LogP contribution is -2.33. The number of benzene rings is 2. The van der Waals surface area contributed by atoms with E-state index >= 15 is 0 Å². The van der Waals surface area contributed by atoms with Crippen molar-refractivity contribution in [2.24, 2.45) is 0 Å². The van der Waals surface area contributed by atoms with Crippen LogP contribution in [0.25, 0.3) is 6.08 Å². The standard InChI is InChI=1S/C17H9ClF6O2/c18-13-8-12(25-11-4-2-10(3-5-11)16(19,20)21)7-9-1-6-14(17(22,23)24)26-15(9)13/h1-8,14H/t14-/m0/s1. The van der Waals surface area contributed by atoms with Gasteiger partial charge in [0.25, 0.3) is 0 Å². The third-order valence-corrected chi connectivity index (χ3v) is 3.76. The Morgan fingerprint density at radius 2 is 1.58 bits per heavy atom. The van der Waals surface area contributed by atoms with Crippen LogP contribution in [-0.4, -0.2) is 12.3 Å². The molecule has 0 N–H and O–H groups in total. The molecule has 0 saturated heterocycles. The van der Waals surface area contributed by atoms with Gasteiger partial charge in [-0.15, -0.1) is 0 Å². The zero-order chi connectivity index (χ0) is 19.1. The van der Waals surface area contributed by atoms with E-state index in [4.69, 9.17) is 21.1 Å². The Balaban J connectivity index is 1.83. The molecule has 0 bridgehead atoms. The van der Waals surface area contributed by atoms with Crippen molar-refractivity contribution in [2.45, 2.75) is 18.5 Å². The van der Waals surface area contributed by atoms with E-state index in [1.54, 1.807) is 0 Å². The molecule has 0 unspecified atom stereocenters. The van der Waals surface area contributed by atoms with E-state index in [9.17, 15) is 26.3 Å². The van der Waals surface area contributed by atoms with Gasteiger partial charge in [0.15, 0.2) is 0 Å². The molecular formula is C17H9ClF6O2. The molecule has 2 aromatic carbocycles. The van der Waals surface area contributed by atoms with E-state index in [0.717, 1.165) is 30.3 Å². The molecule has 0 spiro atoms. The molecule has 2 nitrogen and oxygen atoms in total. The molecule has 1 heterocycles. The average Bonchev–Trinajstić information content (AvgIpc) is 2.53. The third-order valence-electron chi connectivity index (χ3n) is 3.48. The molecule has 0 aromatic heterocycles. The number of hydrogen-bond acceptors (Lipinski definition) is 2. The molecule has 3 rings (SSSR count). The summed E-state index contributed by atoms with van der Waals surface area (Å²) < 4.78 is 86.1. The highest BCUT2D eigenvalue weighted by atomic mass is 35.5. The fourth-order valence-corrected chi connectivity index (χ4v) is 2.54. The van der Waals surface area contributed by atoms with Gasteiger partial charge in [-0.1, -0.05) is 17.7 Å². The van der Waals surface area contributed by atoms with Crippen LogP contribution in [0.4, 0.5) is 26.3 Å². The smallest absolute Gasteiger partial charge is 0.429 e. The summed E-state index contributed by atoms with van der Waals surface area (Å²) in [4.78, 5) is 0. The first-order valence-corrected chi connectivity index (χ1v) is 7.52. The summed E-state index contributed by atoms with van der Waals surface area (Å²) in [5.41, 5.74) is -0.567. The summed E-state index contributed by atoms with van der Waals surface area (Å²) in [6.45, 7) is 0. The first-order chi connectivity index (χ1) is 12.0. The summed E-state index contributed by atoms with van der Waals surface area (Å²) in [5, 5.41) is -0.108. The SMILES string of the molecule is FC(F)(F)c1ccc(Oc2cc(Cl)c3c(c2)C=C[C@@H](C(F)(F)F)O3)cc1. The molecular weight excluding hydrogens is 386 g/mol. The second kappa shape index (κ2) is 6.42. The van der Waals surface area contributed by atoms with Gasteiger partial charge in [0, 0.05) is 11.6 Å². The normalized spacial score (nSPS) is 16.8. The molecule has 1 aliphatic rings. The number of ether oxygens (including phenoxy) is 2. The Morgan fingerprint density at radius 3 is 2.15 bits per heavy atom. The van der Waals surface area contributed by atoms with Crippen LogP contribution in [0, 0.1) is 0 Å². The van der Waals surface area contributed by atoms with Crippen molar-refractivity contribution in [2.75, 3.05) is 0 Å².